The van der Waals surface area contributed by atoms with Crippen LogP contribution in [0.15, 0.2) is 0 Å². The molecule has 1 aliphatic carbocycles. The van der Waals surface area contributed by atoms with Gasteiger partial charge in [0.25, 0.3) is 0 Å². The molecule has 4 nitrogen and oxygen atoms in total. The van der Waals surface area contributed by atoms with Crippen LogP contribution in [0.4, 0.5) is 0 Å². The Kier molecular flexibility index (Phi) is 4.48. The Morgan fingerprint density at radius 1 is 1.32 bits per heavy atom. The van der Waals surface area contributed by atoms with Gasteiger partial charge in [-0.25, -0.2) is 0 Å². The number of rotatable bonds is 6. The minimum absolute atomic E-state index is 0.0346. The van der Waals surface area contributed by atoms with Gasteiger partial charge < -0.3 is 10.0 Å². The molecule has 0 radical (unpaired) electrons. The fraction of sp³-hybridized carbons (Fsp3) is 0.867. The average molecular weight is 267 g/mol. The highest BCUT2D eigenvalue weighted by Crippen LogP contribution is 2.44. The molecule has 1 unspecified atom stereocenters. The van der Waals surface area contributed by atoms with E-state index in [1.54, 1.807) is 0 Å². The maximum atomic E-state index is 12.3. The summed E-state index contributed by atoms with van der Waals surface area (Å²) < 4.78 is 0. The lowest BCUT2D eigenvalue weighted by molar-refractivity contribution is -0.143. The molecule has 0 aromatic heterocycles. The van der Waals surface area contributed by atoms with Gasteiger partial charge in [0, 0.05) is 19.0 Å². The molecule has 108 valence electrons. The summed E-state index contributed by atoms with van der Waals surface area (Å²) in [5.41, 5.74) is 0. The largest absolute Gasteiger partial charge is 0.481 e. The smallest absolute Gasteiger partial charge is 0.308 e. The van der Waals surface area contributed by atoms with Gasteiger partial charge in [-0.1, -0.05) is 26.7 Å². The van der Waals surface area contributed by atoms with Crippen LogP contribution in [0.3, 0.4) is 0 Å². The summed E-state index contributed by atoms with van der Waals surface area (Å²) in [6.07, 6.45) is 5.36. The van der Waals surface area contributed by atoms with Crippen LogP contribution >= 0.6 is 0 Å². The van der Waals surface area contributed by atoms with Crippen LogP contribution in [-0.4, -0.2) is 35.0 Å². The van der Waals surface area contributed by atoms with E-state index in [0.717, 1.165) is 32.1 Å². The SMILES string of the molecule is CCCCC(C)C(=O)N1C[C@H](C(=O)O)[C@@H](C2CC2)C1. The van der Waals surface area contributed by atoms with Gasteiger partial charge in [0.05, 0.1) is 5.92 Å². The van der Waals surface area contributed by atoms with Gasteiger partial charge in [0.1, 0.15) is 0 Å². The summed E-state index contributed by atoms with van der Waals surface area (Å²) in [4.78, 5) is 25.5. The number of carbonyl (C=O) groups excluding carboxylic acids is 1. The molecule has 2 fully saturated rings. The molecule has 19 heavy (non-hydrogen) atoms. The lowest BCUT2D eigenvalue weighted by atomic mass is 9.92. The molecule has 4 heteroatoms. The van der Waals surface area contributed by atoms with Crippen LogP contribution in [-0.2, 0) is 9.59 Å². The monoisotopic (exact) mass is 267 g/mol. The quantitative estimate of drug-likeness (QED) is 0.804. The first-order chi connectivity index (χ1) is 9.04. The Morgan fingerprint density at radius 3 is 2.53 bits per heavy atom. The zero-order valence-corrected chi connectivity index (χ0v) is 12.0. The molecule has 0 spiro atoms. The van der Waals surface area contributed by atoms with Crippen molar-refractivity contribution in [3.8, 4) is 0 Å². The number of unbranched alkanes of at least 4 members (excludes halogenated alkanes) is 1. The average Bonchev–Trinajstić information content (AvgIpc) is 3.13. The maximum Gasteiger partial charge on any atom is 0.308 e. The Morgan fingerprint density at radius 2 is 2.00 bits per heavy atom. The third-order valence-electron chi connectivity index (χ3n) is 4.63. The Bertz CT molecular complexity index is 351. The van der Waals surface area contributed by atoms with E-state index in [2.05, 4.69) is 6.92 Å². The second-order valence-electron chi connectivity index (χ2n) is 6.23. The van der Waals surface area contributed by atoms with E-state index in [1.807, 2.05) is 11.8 Å². The summed E-state index contributed by atoms with van der Waals surface area (Å²) in [5.74, 6) is -0.136. The van der Waals surface area contributed by atoms with E-state index >= 15 is 0 Å². The Balaban J connectivity index is 1.94. The predicted octanol–water partition coefficient (Wildman–Crippen LogP) is 2.38. The van der Waals surface area contributed by atoms with Crippen LogP contribution in [0.5, 0.6) is 0 Å². The molecule has 1 amide bonds. The molecule has 2 rings (SSSR count). The number of carboxylic acid groups (broad SMARTS) is 1. The molecule has 0 bridgehead atoms. The summed E-state index contributed by atoms with van der Waals surface area (Å²) in [7, 11) is 0. The molecule has 1 aliphatic heterocycles. The van der Waals surface area contributed by atoms with Crippen molar-refractivity contribution in [2.24, 2.45) is 23.7 Å². The van der Waals surface area contributed by atoms with Gasteiger partial charge in [-0.15, -0.1) is 0 Å². The summed E-state index contributed by atoms with van der Waals surface area (Å²) in [6, 6.07) is 0. The minimum Gasteiger partial charge on any atom is -0.481 e. The third kappa shape index (κ3) is 3.28. The van der Waals surface area contributed by atoms with Gasteiger partial charge in [0.2, 0.25) is 5.91 Å². The number of amides is 1. The molecular weight excluding hydrogens is 242 g/mol. The van der Waals surface area contributed by atoms with E-state index in [1.165, 1.54) is 0 Å². The second kappa shape index (κ2) is 5.93. The predicted molar refractivity (Wildman–Crippen MR) is 72.6 cm³/mol. The van der Waals surface area contributed by atoms with Gasteiger partial charge in [-0.3, -0.25) is 9.59 Å². The molecule has 2 aliphatic rings. The Hall–Kier alpha value is -1.06. The van der Waals surface area contributed by atoms with Gasteiger partial charge >= 0.3 is 5.97 Å². The number of carboxylic acids is 1. The van der Waals surface area contributed by atoms with Crippen molar-refractivity contribution in [3.63, 3.8) is 0 Å². The normalized spacial score (nSPS) is 28.4. The zero-order valence-electron chi connectivity index (χ0n) is 12.0. The van der Waals surface area contributed by atoms with Crippen LogP contribution in [0.25, 0.3) is 0 Å². The molecule has 1 N–H and O–H groups in total. The van der Waals surface area contributed by atoms with E-state index in [9.17, 15) is 14.7 Å². The van der Waals surface area contributed by atoms with Crippen molar-refractivity contribution in [1.82, 2.24) is 4.90 Å². The summed E-state index contributed by atoms with van der Waals surface area (Å²) >= 11 is 0. The molecular formula is C15H25NO3. The van der Waals surface area contributed by atoms with Gasteiger partial charge in [-0.2, -0.15) is 0 Å². The lowest BCUT2D eigenvalue weighted by Gasteiger charge is -2.20. The second-order valence-corrected chi connectivity index (χ2v) is 6.23. The molecule has 0 aromatic carbocycles. The van der Waals surface area contributed by atoms with Crippen molar-refractivity contribution in [2.75, 3.05) is 13.1 Å². The van der Waals surface area contributed by atoms with E-state index in [0.29, 0.717) is 19.0 Å². The molecule has 1 saturated heterocycles. The van der Waals surface area contributed by atoms with Crippen LogP contribution in [0.1, 0.15) is 46.0 Å². The summed E-state index contributed by atoms with van der Waals surface area (Å²) in [5, 5.41) is 9.30. The number of hydrogen-bond acceptors (Lipinski definition) is 2. The minimum atomic E-state index is -0.728. The molecule has 1 heterocycles. The fourth-order valence-corrected chi connectivity index (χ4v) is 3.22. The van der Waals surface area contributed by atoms with Crippen LogP contribution in [0, 0.1) is 23.7 Å². The third-order valence-corrected chi connectivity index (χ3v) is 4.63. The molecule has 3 atom stereocenters. The van der Waals surface area contributed by atoms with E-state index in [-0.39, 0.29) is 23.7 Å². The molecule has 1 saturated carbocycles. The number of aliphatic carboxylic acids is 1. The summed E-state index contributed by atoms with van der Waals surface area (Å²) in [6.45, 7) is 5.18. The van der Waals surface area contributed by atoms with Crippen LogP contribution < -0.4 is 0 Å². The number of carbonyl (C=O) groups is 2. The van der Waals surface area contributed by atoms with Crippen molar-refractivity contribution in [3.05, 3.63) is 0 Å². The number of hydrogen-bond donors (Lipinski definition) is 1. The highest BCUT2D eigenvalue weighted by molar-refractivity contribution is 5.80. The Labute approximate surface area is 115 Å². The van der Waals surface area contributed by atoms with Gasteiger partial charge in [0.15, 0.2) is 0 Å². The van der Waals surface area contributed by atoms with E-state index < -0.39 is 5.97 Å². The van der Waals surface area contributed by atoms with Crippen molar-refractivity contribution < 1.29 is 14.7 Å². The number of likely N-dealkylation sites (tertiary alicyclic amines) is 1. The fourth-order valence-electron chi connectivity index (χ4n) is 3.22. The van der Waals surface area contributed by atoms with Crippen molar-refractivity contribution >= 4 is 11.9 Å². The first-order valence-corrected chi connectivity index (χ1v) is 7.56. The maximum absolute atomic E-state index is 12.3. The van der Waals surface area contributed by atoms with Gasteiger partial charge in [-0.05, 0) is 31.1 Å². The van der Waals surface area contributed by atoms with Crippen molar-refractivity contribution in [2.45, 2.75) is 46.0 Å². The molecule has 0 aromatic rings. The number of nitrogens with zero attached hydrogens (tertiary/aromatic N) is 1. The van der Waals surface area contributed by atoms with E-state index in [4.69, 9.17) is 0 Å². The van der Waals surface area contributed by atoms with Crippen LogP contribution in [0.2, 0.25) is 0 Å². The van der Waals surface area contributed by atoms with Crippen molar-refractivity contribution in [1.29, 1.82) is 0 Å². The lowest BCUT2D eigenvalue weighted by Crippen LogP contribution is -2.34. The highest BCUT2D eigenvalue weighted by atomic mass is 16.4. The highest BCUT2D eigenvalue weighted by Gasteiger charge is 2.47. The first-order valence-electron chi connectivity index (χ1n) is 7.56. The zero-order chi connectivity index (χ0) is 14.0. The topological polar surface area (TPSA) is 57.6 Å². The standard InChI is InChI=1S/C15H25NO3/c1-3-4-5-10(2)14(17)16-8-12(11-6-7-11)13(9-16)15(18)19/h10-13H,3-9H2,1-2H3,(H,18,19)/t10?,12-,13+/m1/s1. The first kappa shape index (κ1) is 14.4.